The van der Waals surface area contributed by atoms with Crippen LogP contribution >= 0.6 is 0 Å². The van der Waals surface area contributed by atoms with E-state index in [1.165, 1.54) is 11.1 Å². The van der Waals surface area contributed by atoms with Crippen LogP contribution < -0.4 is 0 Å². The molecule has 0 radical (unpaired) electrons. The van der Waals surface area contributed by atoms with Crippen LogP contribution in [0.4, 0.5) is 0 Å². The second kappa shape index (κ2) is 11.3. The zero-order valence-electron chi connectivity index (χ0n) is 19.4. The maximum atomic E-state index is 12.3. The minimum absolute atomic E-state index is 0. The largest absolute Gasteiger partial charge is 2.00 e. The second-order valence-electron chi connectivity index (χ2n) is 8.75. The number of carbonyl (C=O) groups is 2. The summed E-state index contributed by atoms with van der Waals surface area (Å²) in [7, 11) is 0. The number of hydrogen-bond donors (Lipinski definition) is 0. The Bertz CT molecular complexity index is 1260. The molecule has 2 nitrogen and oxygen atoms in total. The molecular formula is C32H26FeO2. The van der Waals surface area contributed by atoms with Gasteiger partial charge in [0.05, 0.1) is 0 Å². The van der Waals surface area contributed by atoms with Crippen LogP contribution in [0.2, 0.25) is 0 Å². The summed E-state index contributed by atoms with van der Waals surface area (Å²) in [4.78, 5) is 24.5. The van der Waals surface area contributed by atoms with Crippen molar-refractivity contribution in [1.29, 1.82) is 0 Å². The third-order valence-corrected chi connectivity index (χ3v) is 6.49. The first-order chi connectivity index (χ1) is 16.7. The third kappa shape index (κ3) is 5.59. The summed E-state index contributed by atoms with van der Waals surface area (Å²) in [6, 6.07) is 31.9. The zero-order valence-corrected chi connectivity index (χ0v) is 20.5. The molecule has 0 unspecified atom stereocenters. The maximum absolute atomic E-state index is 12.3. The smallest absolute Gasteiger partial charge is 0.300 e. The number of fused-ring (bicyclic) bond motifs is 2. The molecule has 3 heteroatoms. The van der Waals surface area contributed by atoms with Crippen LogP contribution in [0.3, 0.4) is 0 Å². The van der Waals surface area contributed by atoms with Gasteiger partial charge in [-0.2, -0.15) is 24.3 Å². The molecule has 4 aromatic rings. The topological polar surface area (TPSA) is 34.1 Å². The summed E-state index contributed by atoms with van der Waals surface area (Å²) < 4.78 is 0. The average molecular weight is 498 g/mol. The first kappa shape index (κ1) is 24.6. The van der Waals surface area contributed by atoms with Crippen molar-refractivity contribution in [3.8, 4) is 0 Å². The Morgan fingerprint density at radius 2 is 0.886 bits per heavy atom. The number of aryl methyl sites for hydroxylation is 2. The van der Waals surface area contributed by atoms with Crippen molar-refractivity contribution in [2.24, 2.45) is 0 Å². The number of benzene rings is 2. The van der Waals surface area contributed by atoms with E-state index in [1.54, 1.807) is 0 Å². The predicted octanol–water partition coefficient (Wildman–Crippen LogP) is 7.23. The summed E-state index contributed by atoms with van der Waals surface area (Å²) in [5, 5.41) is 0. The predicted molar refractivity (Wildman–Crippen MR) is 138 cm³/mol. The van der Waals surface area contributed by atoms with E-state index >= 15 is 0 Å². The SMILES string of the molecule is O=C1C(=C[c-]2cccc2)CCc2ccccc21.O=C1C(=C[c-]2cccc2)CCc2ccccc21.[Fe+2]. The molecule has 0 aliphatic heterocycles. The fraction of sp³-hybridized carbons (Fsp3) is 0.125. The molecule has 4 aromatic carbocycles. The third-order valence-electron chi connectivity index (χ3n) is 6.49. The summed E-state index contributed by atoms with van der Waals surface area (Å²) in [5.41, 5.74) is 8.19. The quantitative estimate of drug-likeness (QED) is 0.166. The molecule has 35 heavy (non-hydrogen) atoms. The molecule has 0 saturated heterocycles. The monoisotopic (exact) mass is 498 g/mol. The van der Waals surface area contributed by atoms with Crippen molar-refractivity contribution >= 4 is 23.7 Å². The number of allylic oxidation sites excluding steroid dienone is 2. The zero-order chi connectivity index (χ0) is 23.3. The summed E-state index contributed by atoms with van der Waals surface area (Å²) in [6.45, 7) is 0. The number of ketones is 2. The fourth-order valence-corrected chi connectivity index (χ4v) is 4.68. The standard InChI is InChI=1S/2C16H13O.Fe/c2*17-16-14(11-12-5-1-2-6-12)10-9-13-7-3-4-8-15(13)16;/h2*1-8,11H,9-10H2;/q2*-1;+2. The molecule has 0 saturated carbocycles. The van der Waals surface area contributed by atoms with Crippen LogP contribution in [0.25, 0.3) is 12.2 Å². The van der Waals surface area contributed by atoms with Gasteiger partial charge in [0.2, 0.25) is 0 Å². The number of rotatable bonds is 2. The Kier molecular flexibility index (Phi) is 7.92. The Morgan fingerprint density at radius 3 is 1.29 bits per heavy atom. The van der Waals surface area contributed by atoms with E-state index in [9.17, 15) is 9.59 Å². The Hall–Kier alpha value is -3.52. The van der Waals surface area contributed by atoms with Crippen molar-refractivity contribution in [2.75, 3.05) is 0 Å². The van der Waals surface area contributed by atoms with Crippen molar-refractivity contribution in [1.82, 2.24) is 0 Å². The molecule has 0 aromatic heterocycles. The van der Waals surface area contributed by atoms with Gasteiger partial charge in [-0.3, -0.25) is 0 Å². The van der Waals surface area contributed by atoms with Gasteiger partial charge in [-0.05, 0) is 24.0 Å². The van der Waals surface area contributed by atoms with Crippen LogP contribution in [0.5, 0.6) is 0 Å². The van der Waals surface area contributed by atoms with Gasteiger partial charge in [0.1, 0.15) is 11.6 Å². The van der Waals surface area contributed by atoms with E-state index in [1.807, 2.05) is 109 Å². The van der Waals surface area contributed by atoms with E-state index < -0.39 is 0 Å². The molecular weight excluding hydrogens is 472 g/mol. The molecule has 0 atom stereocenters. The van der Waals surface area contributed by atoms with E-state index in [2.05, 4.69) is 0 Å². The molecule has 0 N–H and O–H groups in total. The molecule has 0 spiro atoms. The first-order valence-electron chi connectivity index (χ1n) is 11.8. The molecule has 0 heterocycles. The molecule has 174 valence electrons. The van der Waals surface area contributed by atoms with E-state index in [0.717, 1.165) is 59.1 Å². The van der Waals surface area contributed by atoms with E-state index in [-0.39, 0.29) is 28.6 Å². The first-order valence-corrected chi connectivity index (χ1v) is 11.8. The van der Waals surface area contributed by atoms with Gasteiger partial charge >= 0.3 is 17.1 Å². The minimum atomic E-state index is 0. The molecule has 0 fully saturated rings. The Labute approximate surface area is 217 Å². The second-order valence-corrected chi connectivity index (χ2v) is 8.75. The van der Waals surface area contributed by atoms with Gasteiger partial charge in [-0.25, -0.2) is 0 Å². The van der Waals surface area contributed by atoms with Crippen molar-refractivity contribution in [3.05, 3.63) is 142 Å². The van der Waals surface area contributed by atoms with Gasteiger partial charge in [0.15, 0.2) is 0 Å². The van der Waals surface area contributed by atoms with E-state index in [4.69, 9.17) is 0 Å². The van der Waals surface area contributed by atoms with Gasteiger partial charge in [0.25, 0.3) is 0 Å². The summed E-state index contributed by atoms with van der Waals surface area (Å²) >= 11 is 0. The van der Waals surface area contributed by atoms with Crippen molar-refractivity contribution in [2.45, 2.75) is 25.7 Å². The molecule has 2 aliphatic carbocycles. The van der Waals surface area contributed by atoms with E-state index in [0.29, 0.717) is 0 Å². The molecule has 0 amide bonds. The number of Topliss-reactive ketones (excluding diaryl/α,β-unsaturated/α-hetero) is 2. The Balaban J connectivity index is 0.000000160. The van der Waals surface area contributed by atoms with Gasteiger partial charge < -0.3 is 9.59 Å². The van der Waals surface area contributed by atoms with Crippen LogP contribution in [0.15, 0.2) is 108 Å². The molecule has 6 rings (SSSR count). The number of carbonyl (C=O) groups excluding carboxylic acids is 2. The normalized spacial score (nSPS) is 16.7. The van der Waals surface area contributed by atoms with Crippen molar-refractivity contribution < 1.29 is 26.7 Å². The molecule has 0 bridgehead atoms. The minimum Gasteiger partial charge on any atom is -0.300 e. The van der Waals surface area contributed by atoms with Gasteiger partial charge in [-0.15, -0.1) is 47.5 Å². The molecule has 2 aliphatic rings. The maximum Gasteiger partial charge on any atom is 2.00 e. The average Bonchev–Trinajstić information content (AvgIpc) is 3.58. The van der Waals surface area contributed by atoms with Crippen LogP contribution in [-0.2, 0) is 29.9 Å². The van der Waals surface area contributed by atoms with Gasteiger partial charge in [0, 0.05) is 11.1 Å². The summed E-state index contributed by atoms with van der Waals surface area (Å²) in [6.07, 6.45) is 7.65. The van der Waals surface area contributed by atoms with Crippen LogP contribution in [-0.4, -0.2) is 11.6 Å². The Morgan fingerprint density at radius 1 is 0.514 bits per heavy atom. The fourth-order valence-electron chi connectivity index (χ4n) is 4.68. The summed E-state index contributed by atoms with van der Waals surface area (Å²) in [5.74, 6) is 0.376. The van der Waals surface area contributed by atoms with Crippen LogP contribution in [0, 0.1) is 0 Å². The number of hydrogen-bond acceptors (Lipinski definition) is 2. The van der Waals surface area contributed by atoms with Crippen molar-refractivity contribution in [3.63, 3.8) is 0 Å². The van der Waals surface area contributed by atoms with Gasteiger partial charge in [-0.1, -0.05) is 72.5 Å². The van der Waals surface area contributed by atoms with Crippen LogP contribution in [0.1, 0.15) is 55.8 Å².